The normalized spacial score (nSPS) is 11.7. The van der Waals surface area contributed by atoms with Crippen molar-refractivity contribution in [1.82, 2.24) is 0 Å². The number of aliphatic carboxylic acids is 1. The number of hydrogen-bond acceptors (Lipinski definition) is 1. The molecule has 0 amide bonds. The van der Waals surface area contributed by atoms with Crippen LogP contribution in [0.3, 0.4) is 0 Å². The summed E-state index contributed by atoms with van der Waals surface area (Å²) in [5.41, 5.74) is 0. The van der Waals surface area contributed by atoms with Gasteiger partial charge in [0.25, 0.3) is 0 Å². The summed E-state index contributed by atoms with van der Waals surface area (Å²) in [4.78, 5) is 10.8. The standard InChI is InChI=1S/C14H26Br2O2/c1-2-3-4-5-6-7-8-9-10-11-12-14(15,16)13(17)18/h2-12H2,1H3,(H,17,18). The van der Waals surface area contributed by atoms with Gasteiger partial charge in [-0.15, -0.1) is 0 Å². The van der Waals surface area contributed by atoms with Gasteiger partial charge < -0.3 is 5.11 Å². The van der Waals surface area contributed by atoms with E-state index in [9.17, 15) is 4.79 Å². The Balaban J connectivity index is 3.24. The highest BCUT2D eigenvalue weighted by molar-refractivity contribution is 9.25. The highest BCUT2D eigenvalue weighted by atomic mass is 79.9. The van der Waals surface area contributed by atoms with Gasteiger partial charge in [-0.2, -0.15) is 0 Å². The fraction of sp³-hybridized carbons (Fsp3) is 0.929. The van der Waals surface area contributed by atoms with Crippen molar-refractivity contribution in [3.63, 3.8) is 0 Å². The van der Waals surface area contributed by atoms with Crippen LogP contribution in [0.25, 0.3) is 0 Å². The lowest BCUT2D eigenvalue weighted by Crippen LogP contribution is -2.23. The molecule has 108 valence electrons. The van der Waals surface area contributed by atoms with Crippen molar-refractivity contribution >= 4 is 37.8 Å². The zero-order valence-corrected chi connectivity index (χ0v) is 14.6. The second kappa shape index (κ2) is 11.3. The Hall–Kier alpha value is 0.430. The predicted octanol–water partition coefficient (Wildman–Crippen LogP) is 5.87. The first-order valence-corrected chi connectivity index (χ1v) is 8.70. The van der Waals surface area contributed by atoms with Crippen molar-refractivity contribution in [3.8, 4) is 0 Å². The third-order valence-electron chi connectivity index (χ3n) is 3.16. The summed E-state index contributed by atoms with van der Waals surface area (Å²) >= 11 is 6.36. The fourth-order valence-corrected chi connectivity index (χ4v) is 2.50. The van der Waals surface area contributed by atoms with E-state index in [1.54, 1.807) is 0 Å². The molecule has 0 aliphatic rings. The molecule has 0 aromatic carbocycles. The molecule has 2 nitrogen and oxygen atoms in total. The minimum absolute atomic E-state index is 0.638. The maximum atomic E-state index is 10.8. The first-order valence-electron chi connectivity index (χ1n) is 7.12. The Labute approximate surface area is 128 Å². The van der Waals surface area contributed by atoms with Gasteiger partial charge in [0.1, 0.15) is 0 Å². The van der Waals surface area contributed by atoms with Crippen LogP contribution in [-0.4, -0.2) is 14.3 Å². The summed E-state index contributed by atoms with van der Waals surface area (Å²) in [5, 5.41) is 8.89. The van der Waals surface area contributed by atoms with Crippen LogP contribution in [0.15, 0.2) is 0 Å². The number of carbonyl (C=O) groups is 1. The molecule has 0 saturated heterocycles. The Morgan fingerprint density at radius 1 is 0.889 bits per heavy atom. The SMILES string of the molecule is CCCCCCCCCCCCC(Br)(Br)C(=O)O. The number of rotatable bonds is 12. The zero-order valence-electron chi connectivity index (χ0n) is 11.4. The van der Waals surface area contributed by atoms with Gasteiger partial charge in [-0.05, 0) is 6.42 Å². The van der Waals surface area contributed by atoms with Gasteiger partial charge in [0.15, 0.2) is 3.23 Å². The molecule has 0 radical (unpaired) electrons. The fourth-order valence-electron chi connectivity index (χ4n) is 1.94. The van der Waals surface area contributed by atoms with E-state index in [2.05, 4.69) is 38.8 Å². The average molecular weight is 386 g/mol. The molecule has 0 aliphatic carbocycles. The van der Waals surface area contributed by atoms with Crippen molar-refractivity contribution < 1.29 is 9.90 Å². The Kier molecular flexibility index (Phi) is 11.5. The molecule has 0 bridgehead atoms. The average Bonchev–Trinajstić information content (AvgIpc) is 2.31. The molecular weight excluding hydrogens is 360 g/mol. The van der Waals surface area contributed by atoms with Gasteiger partial charge in [0.2, 0.25) is 0 Å². The summed E-state index contributed by atoms with van der Waals surface area (Å²) in [6.45, 7) is 2.24. The molecule has 0 rings (SSSR count). The lowest BCUT2D eigenvalue weighted by atomic mass is 10.1. The number of hydrogen-bond donors (Lipinski definition) is 1. The van der Waals surface area contributed by atoms with Gasteiger partial charge in [-0.1, -0.05) is 103 Å². The van der Waals surface area contributed by atoms with Crippen LogP contribution in [0.5, 0.6) is 0 Å². The minimum Gasteiger partial charge on any atom is -0.480 e. The Morgan fingerprint density at radius 3 is 1.67 bits per heavy atom. The van der Waals surface area contributed by atoms with Crippen molar-refractivity contribution in [3.05, 3.63) is 0 Å². The predicted molar refractivity (Wildman–Crippen MR) is 84.7 cm³/mol. The first kappa shape index (κ1) is 18.4. The maximum absolute atomic E-state index is 10.8. The smallest absolute Gasteiger partial charge is 0.331 e. The Morgan fingerprint density at radius 2 is 1.28 bits per heavy atom. The monoisotopic (exact) mass is 384 g/mol. The molecule has 0 aromatic heterocycles. The van der Waals surface area contributed by atoms with Gasteiger partial charge >= 0.3 is 5.97 Å². The summed E-state index contributed by atoms with van der Waals surface area (Å²) in [6.07, 6.45) is 13.4. The largest absolute Gasteiger partial charge is 0.480 e. The molecule has 18 heavy (non-hydrogen) atoms. The van der Waals surface area contributed by atoms with Gasteiger partial charge in [-0.3, -0.25) is 0 Å². The van der Waals surface area contributed by atoms with Crippen LogP contribution < -0.4 is 0 Å². The van der Waals surface area contributed by atoms with Gasteiger partial charge in [-0.25, -0.2) is 4.79 Å². The van der Waals surface area contributed by atoms with Crippen LogP contribution in [0.2, 0.25) is 0 Å². The van der Waals surface area contributed by atoms with E-state index in [4.69, 9.17) is 5.11 Å². The van der Waals surface area contributed by atoms with E-state index in [-0.39, 0.29) is 0 Å². The lowest BCUT2D eigenvalue weighted by molar-refractivity contribution is -0.137. The topological polar surface area (TPSA) is 37.3 Å². The van der Waals surface area contributed by atoms with Crippen molar-refractivity contribution in [1.29, 1.82) is 0 Å². The second-order valence-electron chi connectivity index (χ2n) is 4.94. The molecule has 0 aliphatic heterocycles. The van der Waals surface area contributed by atoms with Gasteiger partial charge in [0, 0.05) is 0 Å². The number of alkyl halides is 2. The number of unbranched alkanes of at least 4 members (excludes halogenated alkanes) is 9. The van der Waals surface area contributed by atoms with E-state index < -0.39 is 9.20 Å². The first-order chi connectivity index (χ1) is 8.50. The summed E-state index contributed by atoms with van der Waals surface area (Å²) in [5.74, 6) is -0.835. The third-order valence-corrected chi connectivity index (χ3v) is 4.63. The molecule has 0 unspecified atom stereocenters. The molecule has 0 saturated carbocycles. The van der Waals surface area contributed by atoms with E-state index in [0.29, 0.717) is 6.42 Å². The molecule has 0 spiro atoms. The zero-order chi connectivity index (χ0) is 13.9. The van der Waals surface area contributed by atoms with E-state index in [1.807, 2.05) is 0 Å². The highest BCUT2D eigenvalue weighted by Gasteiger charge is 2.30. The minimum atomic E-state index is -0.917. The van der Waals surface area contributed by atoms with Crippen molar-refractivity contribution in [2.24, 2.45) is 0 Å². The highest BCUT2D eigenvalue weighted by Crippen LogP contribution is 2.32. The molecule has 4 heteroatoms. The second-order valence-corrected chi connectivity index (χ2v) is 8.71. The van der Waals surface area contributed by atoms with Crippen LogP contribution in [0.4, 0.5) is 0 Å². The van der Waals surface area contributed by atoms with E-state index in [0.717, 1.165) is 12.8 Å². The van der Waals surface area contributed by atoms with Crippen LogP contribution >= 0.6 is 31.9 Å². The van der Waals surface area contributed by atoms with Crippen LogP contribution in [0, 0.1) is 0 Å². The van der Waals surface area contributed by atoms with Crippen LogP contribution in [0.1, 0.15) is 77.6 Å². The number of carboxylic acid groups (broad SMARTS) is 1. The van der Waals surface area contributed by atoms with E-state index >= 15 is 0 Å². The molecule has 1 N–H and O–H groups in total. The van der Waals surface area contributed by atoms with E-state index in [1.165, 1.54) is 51.4 Å². The molecule has 0 heterocycles. The van der Waals surface area contributed by atoms with Crippen molar-refractivity contribution in [2.75, 3.05) is 0 Å². The molecule has 0 fully saturated rings. The van der Waals surface area contributed by atoms with Crippen molar-refractivity contribution in [2.45, 2.75) is 80.8 Å². The maximum Gasteiger partial charge on any atom is 0.331 e. The molecule has 0 aromatic rings. The lowest BCUT2D eigenvalue weighted by Gasteiger charge is -2.14. The third kappa shape index (κ3) is 10.4. The summed E-state index contributed by atoms with van der Waals surface area (Å²) in [6, 6.07) is 0. The van der Waals surface area contributed by atoms with Crippen LogP contribution in [-0.2, 0) is 4.79 Å². The number of carboxylic acids is 1. The Bertz CT molecular complexity index is 218. The van der Waals surface area contributed by atoms with Gasteiger partial charge in [0.05, 0.1) is 0 Å². The quantitative estimate of drug-likeness (QED) is 0.337. The summed E-state index contributed by atoms with van der Waals surface area (Å²) < 4.78 is -0.917. The molecular formula is C14H26Br2O2. The number of halogens is 2. The summed E-state index contributed by atoms with van der Waals surface area (Å²) in [7, 11) is 0. The molecule has 0 atom stereocenters.